The van der Waals surface area contributed by atoms with Crippen LogP contribution < -0.4 is 16.0 Å². The molecule has 2 aliphatic heterocycles. The molecule has 264 valence electrons. The van der Waals surface area contributed by atoms with Crippen LogP contribution in [0.4, 0.5) is 50.0 Å². The first-order chi connectivity index (χ1) is 21.9. The van der Waals surface area contributed by atoms with Crippen molar-refractivity contribution in [2.45, 2.75) is 62.6 Å². The number of hydrogen-bond acceptors (Lipinski definition) is 5. The molecule has 48 heavy (non-hydrogen) atoms. The van der Waals surface area contributed by atoms with E-state index in [0.29, 0.717) is 11.8 Å². The Labute approximate surface area is 269 Å². The summed E-state index contributed by atoms with van der Waals surface area (Å²) in [5.41, 5.74) is 4.11. The van der Waals surface area contributed by atoms with Crippen molar-refractivity contribution in [3.05, 3.63) is 64.2 Å². The molecular weight excluding hydrogens is 685 g/mol. The average molecular weight is 716 g/mol. The molecule has 9 nitrogen and oxygen atoms in total. The van der Waals surface area contributed by atoms with Gasteiger partial charge in [0.15, 0.2) is 0 Å². The number of nitrogens with zero attached hydrogens (tertiary/aromatic N) is 3. The summed E-state index contributed by atoms with van der Waals surface area (Å²) in [5, 5.41) is 2.28. The maximum absolute atomic E-state index is 14.6. The van der Waals surface area contributed by atoms with Gasteiger partial charge >= 0.3 is 30.0 Å². The van der Waals surface area contributed by atoms with Crippen LogP contribution in [0.3, 0.4) is 0 Å². The second-order valence-corrected chi connectivity index (χ2v) is 13.8. The molecule has 0 saturated carbocycles. The first kappa shape index (κ1) is 37.0. The Bertz CT molecular complexity index is 1730. The number of piperidine rings is 1. The van der Waals surface area contributed by atoms with Gasteiger partial charge < -0.3 is 11.1 Å². The lowest BCUT2D eigenvalue weighted by atomic mass is 9.89. The number of carbonyl (C=O) groups is 2. The number of urea groups is 1. The van der Waals surface area contributed by atoms with Gasteiger partial charge in [-0.3, -0.25) is 14.7 Å². The zero-order valence-electron chi connectivity index (χ0n) is 25.6. The van der Waals surface area contributed by atoms with E-state index in [1.807, 2.05) is 0 Å². The Morgan fingerprint density at radius 2 is 1.54 bits per heavy atom. The Morgan fingerprint density at radius 1 is 0.979 bits per heavy atom. The van der Waals surface area contributed by atoms with Crippen molar-refractivity contribution in [1.29, 1.82) is 0 Å². The van der Waals surface area contributed by atoms with Gasteiger partial charge in [-0.2, -0.15) is 39.5 Å². The van der Waals surface area contributed by atoms with Crippen LogP contribution in [0.25, 0.3) is 0 Å². The van der Waals surface area contributed by atoms with Crippen molar-refractivity contribution in [2.24, 2.45) is 10.7 Å². The fourth-order valence-electron chi connectivity index (χ4n) is 5.59. The minimum atomic E-state index is -7.08. The average Bonchev–Trinajstić information content (AvgIpc) is 3.30. The van der Waals surface area contributed by atoms with Gasteiger partial charge in [0.2, 0.25) is 10.0 Å². The van der Waals surface area contributed by atoms with Crippen molar-refractivity contribution in [3.8, 4) is 0 Å². The maximum atomic E-state index is 14.6. The van der Waals surface area contributed by atoms with E-state index in [2.05, 4.69) is 10.3 Å². The second-order valence-electron chi connectivity index (χ2n) is 11.7. The van der Waals surface area contributed by atoms with Crippen LogP contribution in [-0.4, -0.2) is 79.9 Å². The topological polar surface area (TPSA) is 125 Å². The summed E-state index contributed by atoms with van der Waals surface area (Å²) in [6, 6.07) is 4.86. The van der Waals surface area contributed by atoms with Crippen LogP contribution in [0.1, 0.15) is 40.7 Å². The smallest absolute Gasteiger partial charge is 0.351 e. The first-order valence-corrected chi connectivity index (χ1v) is 15.8. The van der Waals surface area contributed by atoms with Crippen molar-refractivity contribution in [3.63, 3.8) is 0 Å². The van der Waals surface area contributed by atoms with Crippen LogP contribution in [0.5, 0.6) is 0 Å². The van der Waals surface area contributed by atoms with E-state index in [1.54, 1.807) is 26.0 Å². The molecular formula is C29H30F9N5O4S. The van der Waals surface area contributed by atoms with E-state index in [9.17, 15) is 57.5 Å². The Kier molecular flexibility index (Phi) is 9.41. The summed E-state index contributed by atoms with van der Waals surface area (Å²) in [4.78, 5) is 29.9. The van der Waals surface area contributed by atoms with Crippen LogP contribution in [-0.2, 0) is 27.2 Å². The number of amidine groups is 1. The largest absolute Gasteiger partial charge is 0.460 e. The summed E-state index contributed by atoms with van der Waals surface area (Å²) in [6.07, 6.45) is -7.19. The van der Waals surface area contributed by atoms with Gasteiger partial charge in [-0.1, -0.05) is 18.2 Å². The Hall–Kier alpha value is -3.87. The minimum Gasteiger partial charge on any atom is -0.351 e. The molecule has 1 fully saturated rings. The quantitative estimate of drug-likeness (QED) is 0.354. The number of primary amides is 1. The van der Waals surface area contributed by atoms with Gasteiger partial charge in [-0.05, 0) is 68.0 Å². The summed E-state index contributed by atoms with van der Waals surface area (Å²) in [6.45, 7) is 3.16. The third-order valence-electron chi connectivity index (χ3n) is 8.58. The molecule has 2 aliphatic rings. The second kappa shape index (κ2) is 12.2. The van der Waals surface area contributed by atoms with E-state index >= 15 is 0 Å². The number of nitrogens with two attached hydrogens (primary N) is 1. The summed E-state index contributed by atoms with van der Waals surface area (Å²) in [7, 11) is -2.38. The number of rotatable bonds is 9. The number of sulfonamides is 1. The molecule has 2 aromatic carbocycles. The van der Waals surface area contributed by atoms with E-state index in [-0.39, 0.29) is 50.2 Å². The highest BCUT2D eigenvalue weighted by Gasteiger charge is 2.82. The van der Waals surface area contributed by atoms with Crippen LogP contribution in [0, 0.1) is 13.8 Å². The molecule has 0 radical (unpaired) electrons. The molecule has 0 aromatic heterocycles. The van der Waals surface area contributed by atoms with Crippen molar-refractivity contribution in [2.75, 3.05) is 30.8 Å². The Morgan fingerprint density at radius 3 is 2.06 bits per heavy atom. The normalized spacial score (nSPS) is 17.8. The highest BCUT2D eigenvalue weighted by atomic mass is 32.2. The van der Waals surface area contributed by atoms with Gasteiger partial charge in [0.05, 0.1) is 5.75 Å². The van der Waals surface area contributed by atoms with Crippen LogP contribution in [0.15, 0.2) is 41.4 Å². The van der Waals surface area contributed by atoms with Gasteiger partial charge in [0.1, 0.15) is 11.4 Å². The molecule has 0 bridgehead atoms. The predicted octanol–water partition coefficient (Wildman–Crippen LogP) is 5.03. The number of nitrogens with one attached hydrogen (secondary N) is 1. The van der Waals surface area contributed by atoms with Crippen molar-refractivity contribution in [1.82, 2.24) is 9.62 Å². The van der Waals surface area contributed by atoms with Crippen molar-refractivity contribution < 1.29 is 57.5 Å². The molecule has 4 rings (SSSR count). The van der Waals surface area contributed by atoms with Gasteiger partial charge in [0, 0.05) is 37.0 Å². The molecule has 0 atom stereocenters. The monoisotopic (exact) mass is 715 g/mol. The van der Waals surface area contributed by atoms with Gasteiger partial charge in [0.25, 0.3) is 5.91 Å². The molecule has 2 heterocycles. The SMILES string of the molecule is Cc1cc(N(C)C(N)=O)cc(C)c1CCS(=O)(=O)N1CCC2(CC1)N=C(c1cccc(C(F)(F)C(F)(F)C(F)(F)C(F)(F)F)c1)NC2=O. The van der Waals surface area contributed by atoms with Crippen LogP contribution >= 0.6 is 0 Å². The molecule has 3 amide bonds. The molecule has 0 aliphatic carbocycles. The predicted molar refractivity (Wildman–Crippen MR) is 156 cm³/mol. The molecule has 0 unspecified atom stereocenters. The molecule has 2 aromatic rings. The number of aliphatic imine (C=N–C) groups is 1. The third-order valence-corrected chi connectivity index (χ3v) is 10.4. The molecule has 3 N–H and O–H groups in total. The number of alkyl halides is 9. The minimum absolute atomic E-state index is 0.125. The third kappa shape index (κ3) is 6.33. The number of amides is 3. The fourth-order valence-corrected chi connectivity index (χ4v) is 7.05. The number of aryl methyl sites for hydroxylation is 2. The summed E-state index contributed by atoms with van der Waals surface area (Å²) in [5.74, 6) is -21.5. The fraction of sp³-hybridized carbons (Fsp3) is 0.483. The highest BCUT2D eigenvalue weighted by Crippen LogP contribution is 2.56. The van der Waals surface area contributed by atoms with E-state index in [0.717, 1.165) is 27.1 Å². The lowest BCUT2D eigenvalue weighted by Crippen LogP contribution is -2.59. The van der Waals surface area contributed by atoms with E-state index < -0.39 is 68.4 Å². The molecule has 1 saturated heterocycles. The number of carbonyl (C=O) groups excluding carboxylic acids is 2. The Balaban J connectivity index is 1.49. The summed E-state index contributed by atoms with van der Waals surface area (Å²) < 4.78 is 149. The highest BCUT2D eigenvalue weighted by molar-refractivity contribution is 7.89. The first-order valence-electron chi connectivity index (χ1n) is 14.2. The number of benzene rings is 2. The lowest BCUT2D eigenvalue weighted by molar-refractivity contribution is -0.399. The molecule has 19 heteroatoms. The lowest BCUT2D eigenvalue weighted by Gasteiger charge is -2.34. The van der Waals surface area contributed by atoms with E-state index in [4.69, 9.17) is 5.73 Å². The van der Waals surface area contributed by atoms with Gasteiger partial charge in [-0.25, -0.2) is 17.5 Å². The standard InChI is InChI=1S/C29H30F9N5O4S/c1-16-13-20(42(3)24(39)45)14-17(2)21(16)7-12-48(46,47)43-10-8-25(9-11-43)23(44)40-22(41-25)18-5-4-6-19(15-18)26(30,31)27(32,33)28(34,35)29(36,37)38/h4-6,13-15H,7-12H2,1-3H3,(H2,39,45)(H,40,41,44). The number of hydrogen-bond donors (Lipinski definition) is 2. The van der Waals surface area contributed by atoms with Crippen molar-refractivity contribution >= 4 is 33.5 Å². The van der Waals surface area contributed by atoms with E-state index in [1.165, 1.54) is 11.9 Å². The van der Waals surface area contributed by atoms with Crippen LogP contribution in [0.2, 0.25) is 0 Å². The van der Waals surface area contributed by atoms with Gasteiger partial charge in [-0.15, -0.1) is 0 Å². The maximum Gasteiger partial charge on any atom is 0.460 e. The molecule has 1 spiro atoms. The number of anilines is 1. The summed E-state index contributed by atoms with van der Waals surface area (Å²) >= 11 is 0. The zero-order valence-corrected chi connectivity index (χ0v) is 26.4. The number of halogens is 9. The zero-order chi connectivity index (χ0) is 36.3.